The van der Waals surface area contributed by atoms with Gasteiger partial charge in [0.25, 0.3) is 0 Å². The zero-order valence-electron chi connectivity index (χ0n) is 12.8. The Labute approximate surface area is 142 Å². The molecule has 116 valence electrons. The molecule has 1 N–H and O–H groups in total. The summed E-state index contributed by atoms with van der Waals surface area (Å²) in [5.74, 6) is 0.196. The van der Waals surface area contributed by atoms with Crippen LogP contribution >= 0.6 is 11.3 Å². The maximum absolute atomic E-state index is 9.82. The van der Waals surface area contributed by atoms with Crippen molar-refractivity contribution in [3.63, 3.8) is 0 Å². The van der Waals surface area contributed by atoms with Crippen LogP contribution in [0.15, 0.2) is 83.0 Å². The van der Waals surface area contributed by atoms with E-state index in [0.717, 1.165) is 16.1 Å². The predicted molar refractivity (Wildman–Crippen MR) is 101 cm³/mol. The van der Waals surface area contributed by atoms with Gasteiger partial charge >= 0.3 is 0 Å². The van der Waals surface area contributed by atoms with Crippen molar-refractivity contribution in [2.75, 3.05) is 0 Å². The van der Waals surface area contributed by atoms with Crippen molar-refractivity contribution in [3.05, 3.63) is 83.7 Å². The molecule has 0 amide bonds. The van der Waals surface area contributed by atoms with Gasteiger partial charge in [-0.25, -0.2) is 0 Å². The number of phenols is 1. The minimum atomic E-state index is 0.196. The molecule has 0 spiro atoms. The fraction of sp³-hybridized carbons (Fsp3) is 0. The van der Waals surface area contributed by atoms with E-state index >= 15 is 0 Å². The molecule has 3 aromatic carbocycles. The molecule has 4 aromatic rings. The first-order valence-corrected chi connectivity index (χ1v) is 8.40. The Hall–Kier alpha value is -2.98. The van der Waals surface area contributed by atoms with E-state index in [9.17, 15) is 5.11 Å². The number of hydrogen-bond acceptors (Lipinski definition) is 4. The van der Waals surface area contributed by atoms with E-state index in [1.807, 2.05) is 30.3 Å². The van der Waals surface area contributed by atoms with Crippen LogP contribution in [-0.2, 0) is 0 Å². The summed E-state index contributed by atoms with van der Waals surface area (Å²) in [6.07, 6.45) is 1.58. The molecule has 0 aliphatic rings. The molecule has 3 nitrogen and oxygen atoms in total. The Morgan fingerprint density at radius 2 is 1.33 bits per heavy atom. The highest BCUT2D eigenvalue weighted by Crippen LogP contribution is 2.24. The van der Waals surface area contributed by atoms with Crippen molar-refractivity contribution < 1.29 is 5.11 Å². The van der Waals surface area contributed by atoms with Gasteiger partial charge in [-0.1, -0.05) is 48.5 Å². The highest BCUT2D eigenvalue weighted by molar-refractivity contribution is 7.24. The third-order valence-electron chi connectivity index (χ3n) is 3.80. The van der Waals surface area contributed by atoms with Gasteiger partial charge in [0.1, 0.15) is 11.1 Å². The van der Waals surface area contributed by atoms with E-state index in [2.05, 4.69) is 34.5 Å². The third-order valence-corrected chi connectivity index (χ3v) is 4.95. The molecule has 0 atom stereocenters. The summed E-state index contributed by atoms with van der Waals surface area (Å²) in [6.45, 7) is 0. The van der Waals surface area contributed by atoms with Crippen molar-refractivity contribution in [1.29, 1.82) is 0 Å². The number of para-hydroxylation sites is 1. The normalized spacial score (nSPS) is 11.3. The largest absolute Gasteiger partial charge is 0.507 e. The van der Waals surface area contributed by atoms with Crippen LogP contribution in [0, 0.1) is 0 Å². The molecule has 0 saturated heterocycles. The molecule has 0 radical (unpaired) electrons. The van der Waals surface area contributed by atoms with E-state index in [1.54, 1.807) is 35.8 Å². The SMILES string of the molecule is Oc1ccccc1C=NN=c1c2ccccc2sc2ccccc12. The summed E-state index contributed by atoms with van der Waals surface area (Å²) < 4.78 is 2.35. The smallest absolute Gasteiger partial charge is 0.124 e. The standard InChI is InChI=1S/C20H14N2OS/c23-17-10-4-1-7-14(17)13-21-22-20-15-8-2-5-11-18(15)24-19-12-6-3-9-16(19)20/h1-13,23H. The molecule has 4 heteroatoms. The number of hydrogen-bond donors (Lipinski definition) is 1. The van der Waals surface area contributed by atoms with Crippen molar-refractivity contribution in [2.24, 2.45) is 10.2 Å². The first-order valence-electron chi connectivity index (χ1n) is 7.58. The van der Waals surface area contributed by atoms with E-state index < -0.39 is 0 Å². The van der Waals surface area contributed by atoms with Crippen molar-refractivity contribution in [3.8, 4) is 5.75 Å². The lowest BCUT2D eigenvalue weighted by atomic mass is 10.2. The van der Waals surface area contributed by atoms with Gasteiger partial charge in [0.05, 0.1) is 6.21 Å². The average Bonchev–Trinajstić information content (AvgIpc) is 2.62. The molecular formula is C20H14N2OS. The molecular weight excluding hydrogens is 316 g/mol. The molecule has 0 fully saturated rings. The molecule has 0 bridgehead atoms. The second-order valence-corrected chi connectivity index (χ2v) is 6.43. The van der Waals surface area contributed by atoms with Gasteiger partial charge in [-0.2, -0.15) is 5.10 Å². The van der Waals surface area contributed by atoms with Gasteiger partial charge in [-0.15, -0.1) is 16.4 Å². The van der Waals surface area contributed by atoms with Crippen LogP contribution in [-0.4, -0.2) is 11.3 Å². The lowest BCUT2D eigenvalue weighted by Crippen LogP contribution is -2.03. The van der Waals surface area contributed by atoms with E-state index in [1.165, 1.54) is 9.40 Å². The van der Waals surface area contributed by atoms with Crippen LogP contribution in [0.5, 0.6) is 5.75 Å². The molecule has 24 heavy (non-hydrogen) atoms. The molecule has 1 heterocycles. The number of aromatic hydroxyl groups is 1. The summed E-state index contributed by atoms with van der Waals surface area (Å²) in [6, 6.07) is 23.5. The number of nitrogens with zero attached hydrogens (tertiary/aromatic N) is 2. The molecule has 4 rings (SSSR count). The molecule has 0 aliphatic carbocycles. The zero-order valence-corrected chi connectivity index (χ0v) is 13.6. The van der Waals surface area contributed by atoms with Crippen LogP contribution < -0.4 is 5.36 Å². The van der Waals surface area contributed by atoms with E-state index in [0.29, 0.717) is 5.56 Å². The van der Waals surface area contributed by atoms with Gasteiger partial charge in [0.15, 0.2) is 0 Å². The van der Waals surface area contributed by atoms with Gasteiger partial charge < -0.3 is 5.11 Å². The maximum atomic E-state index is 9.82. The second-order valence-electron chi connectivity index (χ2n) is 5.35. The molecule has 0 saturated carbocycles. The van der Waals surface area contributed by atoms with Crippen LogP contribution in [0.1, 0.15) is 5.56 Å². The van der Waals surface area contributed by atoms with E-state index in [4.69, 9.17) is 0 Å². The lowest BCUT2D eigenvalue weighted by molar-refractivity contribution is 0.474. The van der Waals surface area contributed by atoms with Crippen LogP contribution in [0.3, 0.4) is 0 Å². The summed E-state index contributed by atoms with van der Waals surface area (Å²) in [4.78, 5) is 0. The second kappa shape index (κ2) is 6.26. The molecule has 0 unspecified atom stereocenters. The Morgan fingerprint density at radius 1 is 0.750 bits per heavy atom. The fourth-order valence-corrected chi connectivity index (χ4v) is 3.70. The van der Waals surface area contributed by atoms with Crippen molar-refractivity contribution >= 4 is 37.7 Å². The quantitative estimate of drug-likeness (QED) is 0.323. The number of benzene rings is 3. The highest BCUT2D eigenvalue weighted by atomic mass is 32.1. The zero-order chi connectivity index (χ0) is 16.4. The monoisotopic (exact) mass is 330 g/mol. The first-order chi connectivity index (χ1) is 11.8. The van der Waals surface area contributed by atoms with Crippen LogP contribution in [0.4, 0.5) is 0 Å². The summed E-state index contributed by atoms with van der Waals surface area (Å²) in [7, 11) is 0. The van der Waals surface area contributed by atoms with Gasteiger partial charge in [0, 0.05) is 25.7 Å². The van der Waals surface area contributed by atoms with Crippen molar-refractivity contribution in [2.45, 2.75) is 0 Å². The average molecular weight is 330 g/mol. The van der Waals surface area contributed by atoms with Crippen LogP contribution in [0.2, 0.25) is 0 Å². The van der Waals surface area contributed by atoms with Gasteiger partial charge in [0.2, 0.25) is 0 Å². The summed E-state index contributed by atoms with van der Waals surface area (Å²) in [5.41, 5.74) is 0.647. The number of phenolic OH excluding ortho intramolecular Hbond substituents is 1. The Balaban J connectivity index is 1.95. The van der Waals surface area contributed by atoms with E-state index in [-0.39, 0.29) is 5.75 Å². The highest BCUT2D eigenvalue weighted by Gasteiger charge is 2.03. The number of fused-ring (bicyclic) bond motifs is 2. The third kappa shape index (κ3) is 2.68. The minimum Gasteiger partial charge on any atom is -0.507 e. The molecule has 0 aliphatic heterocycles. The predicted octanol–water partition coefficient (Wildman–Crippen LogP) is 4.69. The Kier molecular flexibility index (Phi) is 3.81. The van der Waals surface area contributed by atoms with Gasteiger partial charge in [-0.3, -0.25) is 0 Å². The van der Waals surface area contributed by atoms with Gasteiger partial charge in [-0.05, 0) is 24.3 Å². The lowest BCUT2D eigenvalue weighted by Gasteiger charge is -2.02. The maximum Gasteiger partial charge on any atom is 0.124 e. The summed E-state index contributed by atoms with van der Waals surface area (Å²) >= 11 is 1.75. The van der Waals surface area contributed by atoms with Crippen molar-refractivity contribution in [1.82, 2.24) is 0 Å². The fourth-order valence-electron chi connectivity index (χ4n) is 2.62. The molecule has 1 aromatic heterocycles. The summed E-state index contributed by atoms with van der Waals surface area (Å²) in [5, 5.41) is 21.5. The minimum absolute atomic E-state index is 0.196. The topological polar surface area (TPSA) is 45.0 Å². The Morgan fingerprint density at radius 3 is 2.00 bits per heavy atom. The Bertz CT molecular complexity index is 1070. The van der Waals surface area contributed by atoms with Crippen LogP contribution in [0.25, 0.3) is 20.2 Å². The first kappa shape index (κ1) is 14.6. The number of rotatable bonds is 2.